The Hall–Kier alpha value is -1.35. The van der Waals surface area contributed by atoms with Crippen molar-refractivity contribution in [3.8, 4) is 0 Å². The van der Waals surface area contributed by atoms with Crippen molar-refractivity contribution in [2.24, 2.45) is 5.73 Å². The summed E-state index contributed by atoms with van der Waals surface area (Å²) in [6.45, 7) is 6.90. The van der Waals surface area contributed by atoms with Crippen molar-refractivity contribution in [1.29, 1.82) is 0 Å². The second-order valence-electron chi connectivity index (χ2n) is 5.45. The number of piperidine rings is 1. The molecule has 0 aliphatic carbocycles. The molecule has 0 radical (unpaired) electrons. The normalized spacial score (nSPS) is 24.1. The van der Waals surface area contributed by atoms with Gasteiger partial charge in [0.05, 0.1) is 0 Å². The molecule has 0 unspecified atom stereocenters. The maximum atomic E-state index is 12.5. The van der Waals surface area contributed by atoms with Crippen LogP contribution in [0.25, 0.3) is 0 Å². The highest BCUT2D eigenvalue weighted by Gasteiger charge is 2.28. The lowest BCUT2D eigenvalue weighted by Crippen LogP contribution is -2.48. The molecule has 0 aromatic heterocycles. The molecule has 2 atom stereocenters. The van der Waals surface area contributed by atoms with Crippen molar-refractivity contribution in [2.45, 2.75) is 45.7 Å². The van der Waals surface area contributed by atoms with Gasteiger partial charge < -0.3 is 10.6 Å². The number of hydrogen-bond acceptors (Lipinski definition) is 2. The molecule has 1 fully saturated rings. The number of carbonyl (C=O) groups is 1. The smallest absolute Gasteiger partial charge is 0.254 e. The molecular weight excluding hydrogens is 224 g/mol. The monoisotopic (exact) mass is 246 g/mol. The molecule has 18 heavy (non-hydrogen) atoms. The zero-order chi connectivity index (χ0) is 13.3. The van der Waals surface area contributed by atoms with E-state index in [0.29, 0.717) is 0 Å². The van der Waals surface area contributed by atoms with E-state index >= 15 is 0 Å². The summed E-state index contributed by atoms with van der Waals surface area (Å²) in [6, 6.07) is 6.48. The molecule has 1 aromatic rings. The largest absolute Gasteiger partial charge is 0.336 e. The number of nitrogens with two attached hydrogens (primary N) is 1. The first-order valence-electron chi connectivity index (χ1n) is 6.63. The number of carbonyl (C=O) groups excluding carboxylic acids is 1. The third-order valence-electron chi connectivity index (χ3n) is 3.79. The fraction of sp³-hybridized carbons (Fsp3) is 0.533. The molecular formula is C15H22N2O. The number of hydrogen-bond donors (Lipinski definition) is 1. The summed E-state index contributed by atoms with van der Waals surface area (Å²) in [5.41, 5.74) is 9.01. The topological polar surface area (TPSA) is 46.3 Å². The van der Waals surface area contributed by atoms with Crippen LogP contribution < -0.4 is 5.73 Å². The average Bonchev–Trinajstić information content (AvgIpc) is 2.28. The summed E-state index contributed by atoms with van der Waals surface area (Å²) >= 11 is 0. The minimum atomic E-state index is 0.145. The van der Waals surface area contributed by atoms with Crippen LogP contribution in [-0.4, -0.2) is 29.4 Å². The minimum Gasteiger partial charge on any atom is -0.336 e. The van der Waals surface area contributed by atoms with E-state index in [4.69, 9.17) is 5.73 Å². The zero-order valence-electron chi connectivity index (χ0n) is 11.4. The maximum absolute atomic E-state index is 12.5. The molecule has 2 N–H and O–H groups in total. The van der Waals surface area contributed by atoms with E-state index in [1.54, 1.807) is 0 Å². The van der Waals surface area contributed by atoms with E-state index in [9.17, 15) is 4.79 Å². The first-order chi connectivity index (χ1) is 8.49. The van der Waals surface area contributed by atoms with E-state index < -0.39 is 0 Å². The van der Waals surface area contributed by atoms with Crippen molar-refractivity contribution in [3.05, 3.63) is 34.9 Å². The molecule has 0 bridgehead atoms. The van der Waals surface area contributed by atoms with Crippen molar-refractivity contribution in [3.63, 3.8) is 0 Å². The van der Waals surface area contributed by atoms with Crippen LogP contribution in [0.2, 0.25) is 0 Å². The van der Waals surface area contributed by atoms with Gasteiger partial charge in [-0.15, -0.1) is 0 Å². The lowest BCUT2D eigenvalue weighted by molar-refractivity contribution is 0.0618. The fourth-order valence-electron chi connectivity index (χ4n) is 2.72. The van der Waals surface area contributed by atoms with Gasteiger partial charge in [-0.3, -0.25) is 4.79 Å². The van der Waals surface area contributed by atoms with Crippen molar-refractivity contribution >= 4 is 5.91 Å². The highest BCUT2D eigenvalue weighted by Crippen LogP contribution is 2.20. The van der Waals surface area contributed by atoms with Crippen molar-refractivity contribution < 1.29 is 4.79 Å². The van der Waals surface area contributed by atoms with Crippen LogP contribution in [0, 0.1) is 13.8 Å². The third-order valence-corrected chi connectivity index (χ3v) is 3.79. The highest BCUT2D eigenvalue weighted by molar-refractivity contribution is 5.96. The SMILES string of the molecule is Cc1ccc(C(=O)N2CC[C@@H](N)C[C@H]2C)c(C)c1. The molecule has 1 aromatic carbocycles. The number of amides is 1. The van der Waals surface area contributed by atoms with Gasteiger partial charge in [0.15, 0.2) is 0 Å². The standard InChI is InChI=1S/C15H22N2O/c1-10-4-5-14(11(2)8-10)15(18)17-7-6-13(16)9-12(17)3/h4-5,8,12-13H,6-7,9,16H2,1-3H3/t12-,13-/m1/s1. The Balaban J connectivity index is 2.20. The average molecular weight is 246 g/mol. The zero-order valence-corrected chi connectivity index (χ0v) is 11.4. The molecule has 1 aliphatic rings. The Kier molecular flexibility index (Phi) is 3.71. The second-order valence-corrected chi connectivity index (χ2v) is 5.45. The van der Waals surface area contributed by atoms with Crippen LogP contribution >= 0.6 is 0 Å². The van der Waals surface area contributed by atoms with Crippen LogP contribution in [0.3, 0.4) is 0 Å². The molecule has 3 nitrogen and oxygen atoms in total. The number of nitrogens with zero attached hydrogens (tertiary/aromatic N) is 1. The van der Waals surface area contributed by atoms with Gasteiger partial charge in [-0.2, -0.15) is 0 Å². The molecule has 1 aliphatic heterocycles. The molecule has 1 amide bonds. The predicted octanol–water partition coefficient (Wildman–Crippen LogP) is 2.26. The molecule has 1 saturated heterocycles. The van der Waals surface area contributed by atoms with Crippen molar-refractivity contribution in [2.75, 3.05) is 6.54 Å². The van der Waals surface area contributed by atoms with E-state index in [2.05, 4.69) is 13.0 Å². The summed E-state index contributed by atoms with van der Waals surface area (Å²) in [6.07, 6.45) is 1.80. The second kappa shape index (κ2) is 5.11. The minimum absolute atomic E-state index is 0.145. The number of benzene rings is 1. The Morgan fingerprint density at radius 1 is 1.39 bits per heavy atom. The first kappa shape index (κ1) is 13.1. The first-order valence-corrected chi connectivity index (χ1v) is 6.63. The van der Waals surface area contributed by atoms with Crippen LogP contribution in [-0.2, 0) is 0 Å². The van der Waals surface area contributed by atoms with Gasteiger partial charge in [0.25, 0.3) is 5.91 Å². The van der Waals surface area contributed by atoms with Gasteiger partial charge in [0.1, 0.15) is 0 Å². The Bertz CT molecular complexity index is 456. The van der Waals surface area contributed by atoms with Gasteiger partial charge >= 0.3 is 0 Å². The molecule has 2 rings (SSSR count). The van der Waals surface area contributed by atoms with Crippen LogP contribution in [0.15, 0.2) is 18.2 Å². The summed E-state index contributed by atoms with van der Waals surface area (Å²) in [5.74, 6) is 0.145. The summed E-state index contributed by atoms with van der Waals surface area (Å²) in [5, 5.41) is 0. The summed E-state index contributed by atoms with van der Waals surface area (Å²) in [7, 11) is 0. The Morgan fingerprint density at radius 2 is 2.11 bits per heavy atom. The Morgan fingerprint density at radius 3 is 2.72 bits per heavy atom. The Labute approximate surface area is 109 Å². The molecule has 98 valence electrons. The third kappa shape index (κ3) is 2.56. The highest BCUT2D eigenvalue weighted by atomic mass is 16.2. The maximum Gasteiger partial charge on any atom is 0.254 e. The number of likely N-dealkylation sites (tertiary alicyclic amines) is 1. The molecule has 0 spiro atoms. The molecule has 3 heteroatoms. The van der Waals surface area contributed by atoms with Crippen molar-refractivity contribution in [1.82, 2.24) is 4.90 Å². The van der Waals surface area contributed by atoms with E-state index in [-0.39, 0.29) is 18.0 Å². The predicted molar refractivity (Wildman–Crippen MR) is 73.6 cm³/mol. The van der Waals surface area contributed by atoms with Gasteiger partial charge in [-0.1, -0.05) is 17.7 Å². The van der Waals surface area contributed by atoms with Crippen LogP contribution in [0.1, 0.15) is 41.3 Å². The number of aryl methyl sites for hydroxylation is 2. The van der Waals surface area contributed by atoms with Crippen LogP contribution in [0.4, 0.5) is 0 Å². The van der Waals surface area contributed by atoms with Crippen LogP contribution in [0.5, 0.6) is 0 Å². The quantitative estimate of drug-likeness (QED) is 0.826. The molecule has 1 heterocycles. The summed E-state index contributed by atoms with van der Waals surface area (Å²) < 4.78 is 0. The lowest BCUT2D eigenvalue weighted by atomic mass is 9.97. The van der Waals surface area contributed by atoms with E-state index in [0.717, 1.165) is 30.5 Å². The van der Waals surface area contributed by atoms with Gasteiger partial charge in [-0.25, -0.2) is 0 Å². The summed E-state index contributed by atoms with van der Waals surface area (Å²) in [4.78, 5) is 14.5. The van der Waals surface area contributed by atoms with Gasteiger partial charge in [0, 0.05) is 24.2 Å². The molecule has 0 saturated carbocycles. The van der Waals surface area contributed by atoms with E-state index in [1.165, 1.54) is 5.56 Å². The number of rotatable bonds is 1. The fourth-order valence-corrected chi connectivity index (χ4v) is 2.72. The van der Waals surface area contributed by atoms with E-state index in [1.807, 2.05) is 30.9 Å². The lowest BCUT2D eigenvalue weighted by Gasteiger charge is -2.36. The van der Waals surface area contributed by atoms with Gasteiger partial charge in [-0.05, 0) is 45.2 Å². The van der Waals surface area contributed by atoms with Gasteiger partial charge in [0.2, 0.25) is 0 Å².